The fraction of sp³-hybridized carbons (Fsp3) is 0.368. The molecule has 1 atom stereocenters. The highest BCUT2D eigenvalue weighted by Crippen LogP contribution is 2.35. The lowest BCUT2D eigenvalue weighted by Gasteiger charge is -2.30. The van der Waals surface area contributed by atoms with Gasteiger partial charge in [0.05, 0.1) is 21.3 Å². The first-order valence-corrected chi connectivity index (χ1v) is 9.80. The van der Waals surface area contributed by atoms with E-state index in [1.54, 1.807) is 22.7 Å². The zero-order valence-electron chi connectivity index (χ0n) is 14.2. The van der Waals surface area contributed by atoms with Crippen LogP contribution in [0.15, 0.2) is 41.8 Å². The molecule has 0 spiro atoms. The maximum atomic E-state index is 12.5. The van der Waals surface area contributed by atoms with Crippen molar-refractivity contribution in [1.29, 1.82) is 0 Å². The van der Waals surface area contributed by atoms with Gasteiger partial charge < -0.3 is 5.32 Å². The molecule has 3 aromatic rings. The summed E-state index contributed by atoms with van der Waals surface area (Å²) >= 11 is 3.36. The predicted molar refractivity (Wildman–Crippen MR) is 103 cm³/mol. The van der Waals surface area contributed by atoms with Crippen molar-refractivity contribution in [2.24, 2.45) is 5.41 Å². The van der Waals surface area contributed by atoms with Gasteiger partial charge in [0.2, 0.25) is 5.91 Å². The minimum atomic E-state index is -0.0175. The summed E-state index contributed by atoms with van der Waals surface area (Å²) in [5.74, 6) is 0.0857. The van der Waals surface area contributed by atoms with Crippen LogP contribution in [0.4, 0.5) is 0 Å². The van der Waals surface area contributed by atoms with Crippen molar-refractivity contribution < 1.29 is 4.79 Å². The molecule has 2 heterocycles. The topological polar surface area (TPSA) is 42.0 Å². The van der Waals surface area contributed by atoms with E-state index in [9.17, 15) is 4.79 Å². The van der Waals surface area contributed by atoms with E-state index in [4.69, 9.17) is 0 Å². The van der Waals surface area contributed by atoms with Crippen LogP contribution in [0.5, 0.6) is 0 Å². The first-order valence-electron chi connectivity index (χ1n) is 8.11. The Hall–Kier alpha value is -1.72. The summed E-state index contributed by atoms with van der Waals surface area (Å²) in [6.45, 7) is 6.47. The molecular weight excluding hydrogens is 336 g/mol. The van der Waals surface area contributed by atoms with Gasteiger partial charge in [0.1, 0.15) is 0 Å². The number of aryl methyl sites for hydroxylation is 1. The number of amides is 1. The molecule has 0 aliphatic rings. The molecule has 0 radical (unpaired) electrons. The van der Waals surface area contributed by atoms with E-state index in [0.29, 0.717) is 12.8 Å². The Morgan fingerprint density at radius 3 is 2.67 bits per heavy atom. The fourth-order valence-electron chi connectivity index (χ4n) is 2.65. The van der Waals surface area contributed by atoms with E-state index in [0.717, 1.165) is 10.5 Å². The van der Waals surface area contributed by atoms with E-state index in [2.05, 4.69) is 48.6 Å². The third kappa shape index (κ3) is 4.02. The van der Waals surface area contributed by atoms with Crippen LogP contribution in [0.1, 0.15) is 43.1 Å². The van der Waals surface area contributed by atoms with Crippen LogP contribution in [-0.4, -0.2) is 10.9 Å². The minimum absolute atomic E-state index is 0.0175. The van der Waals surface area contributed by atoms with Crippen LogP contribution in [0, 0.1) is 5.41 Å². The predicted octanol–water partition coefficient (Wildman–Crippen LogP) is 5.19. The number of nitrogens with zero attached hydrogens (tertiary/aromatic N) is 1. The quantitative estimate of drug-likeness (QED) is 0.681. The Bertz CT molecular complexity index is 782. The molecule has 3 nitrogen and oxygen atoms in total. The summed E-state index contributed by atoms with van der Waals surface area (Å²) in [4.78, 5) is 18.3. The largest absolute Gasteiger partial charge is 0.348 e. The lowest BCUT2D eigenvalue weighted by Crippen LogP contribution is -2.36. The summed E-state index contributed by atoms with van der Waals surface area (Å²) in [5.41, 5.74) is 1.00. The second kappa shape index (κ2) is 7.03. The van der Waals surface area contributed by atoms with Crippen LogP contribution in [0.3, 0.4) is 0 Å². The van der Waals surface area contributed by atoms with Gasteiger partial charge >= 0.3 is 0 Å². The second-order valence-electron chi connectivity index (χ2n) is 6.96. The fourth-order valence-corrected chi connectivity index (χ4v) is 4.64. The van der Waals surface area contributed by atoms with Gasteiger partial charge in [-0.05, 0) is 29.0 Å². The maximum absolute atomic E-state index is 12.5. The average molecular weight is 359 g/mol. The Morgan fingerprint density at radius 2 is 2.00 bits per heavy atom. The Labute approximate surface area is 150 Å². The number of carbonyl (C=O) groups is 1. The molecule has 5 heteroatoms. The highest BCUT2D eigenvalue weighted by molar-refractivity contribution is 7.18. The number of nitrogens with one attached hydrogen (secondary N) is 1. The molecule has 0 saturated heterocycles. The Kier molecular flexibility index (Phi) is 5.01. The van der Waals surface area contributed by atoms with E-state index < -0.39 is 0 Å². The number of benzene rings is 1. The SMILES string of the molecule is CC(C)(C)C(NC(=O)CCc1nc2ccccc2s1)c1cccs1. The number of para-hydroxylation sites is 1. The summed E-state index contributed by atoms with van der Waals surface area (Å²) in [6.07, 6.45) is 1.16. The molecule has 1 N–H and O–H groups in total. The van der Waals surface area contributed by atoms with Gasteiger partial charge in [-0.15, -0.1) is 22.7 Å². The van der Waals surface area contributed by atoms with Gasteiger partial charge in [-0.1, -0.05) is 39.0 Å². The molecule has 0 bridgehead atoms. The van der Waals surface area contributed by atoms with Gasteiger partial charge in [-0.25, -0.2) is 4.98 Å². The number of hydrogen-bond donors (Lipinski definition) is 1. The van der Waals surface area contributed by atoms with Gasteiger partial charge in [0, 0.05) is 17.7 Å². The van der Waals surface area contributed by atoms with E-state index in [1.165, 1.54) is 9.58 Å². The number of aromatic nitrogens is 1. The van der Waals surface area contributed by atoms with Crippen molar-refractivity contribution >= 4 is 38.8 Å². The number of fused-ring (bicyclic) bond motifs is 1. The van der Waals surface area contributed by atoms with Gasteiger partial charge in [0.25, 0.3) is 0 Å². The van der Waals surface area contributed by atoms with Crippen molar-refractivity contribution in [3.8, 4) is 0 Å². The van der Waals surface area contributed by atoms with Crippen molar-refractivity contribution in [3.05, 3.63) is 51.7 Å². The first kappa shape index (κ1) is 17.1. The number of carbonyl (C=O) groups excluding carboxylic acids is 1. The lowest BCUT2D eigenvalue weighted by molar-refractivity contribution is -0.122. The summed E-state index contributed by atoms with van der Waals surface area (Å²) in [6, 6.07) is 12.3. The second-order valence-corrected chi connectivity index (χ2v) is 9.05. The first-order chi connectivity index (χ1) is 11.4. The molecular formula is C19H22N2OS2. The Morgan fingerprint density at radius 1 is 1.21 bits per heavy atom. The van der Waals surface area contributed by atoms with Crippen LogP contribution in [0.2, 0.25) is 0 Å². The third-order valence-electron chi connectivity index (χ3n) is 3.90. The molecule has 0 fully saturated rings. The zero-order chi connectivity index (χ0) is 17.2. The van der Waals surface area contributed by atoms with Gasteiger partial charge in [-0.2, -0.15) is 0 Å². The van der Waals surface area contributed by atoms with Crippen LogP contribution < -0.4 is 5.32 Å². The summed E-state index contributed by atoms with van der Waals surface area (Å²) in [7, 11) is 0. The molecule has 0 saturated carbocycles. The van der Waals surface area contributed by atoms with Gasteiger partial charge in [-0.3, -0.25) is 4.79 Å². The number of hydrogen-bond acceptors (Lipinski definition) is 4. The molecule has 2 aromatic heterocycles. The molecule has 24 heavy (non-hydrogen) atoms. The zero-order valence-corrected chi connectivity index (χ0v) is 15.8. The summed E-state index contributed by atoms with van der Waals surface area (Å²) < 4.78 is 1.18. The molecule has 3 rings (SSSR count). The molecule has 0 aliphatic carbocycles. The van der Waals surface area contributed by atoms with E-state index >= 15 is 0 Å². The average Bonchev–Trinajstić information content (AvgIpc) is 3.18. The number of thiazole rings is 1. The molecule has 1 amide bonds. The molecule has 126 valence electrons. The highest BCUT2D eigenvalue weighted by Gasteiger charge is 2.28. The molecule has 1 unspecified atom stereocenters. The molecule has 1 aromatic carbocycles. The normalized spacial score (nSPS) is 13.1. The third-order valence-corrected chi connectivity index (χ3v) is 5.94. The van der Waals surface area contributed by atoms with Crippen molar-refractivity contribution in [2.75, 3.05) is 0 Å². The van der Waals surface area contributed by atoms with E-state index in [1.807, 2.05) is 24.3 Å². The van der Waals surface area contributed by atoms with Crippen LogP contribution in [-0.2, 0) is 11.2 Å². The maximum Gasteiger partial charge on any atom is 0.220 e. The van der Waals surface area contributed by atoms with E-state index in [-0.39, 0.29) is 17.4 Å². The smallest absolute Gasteiger partial charge is 0.220 e. The summed E-state index contributed by atoms with van der Waals surface area (Å²) in [5, 5.41) is 6.29. The monoisotopic (exact) mass is 358 g/mol. The van der Waals surface area contributed by atoms with Gasteiger partial charge in [0.15, 0.2) is 0 Å². The standard InChI is InChI=1S/C19H22N2OS2/c1-19(2,3)18(15-9-6-12-23-15)21-16(22)10-11-17-20-13-7-4-5-8-14(13)24-17/h4-9,12,18H,10-11H2,1-3H3,(H,21,22). The van der Waals surface area contributed by atoms with Crippen molar-refractivity contribution in [1.82, 2.24) is 10.3 Å². The number of rotatable bonds is 5. The highest BCUT2D eigenvalue weighted by atomic mass is 32.1. The molecule has 0 aliphatic heterocycles. The Balaban J connectivity index is 1.63. The van der Waals surface area contributed by atoms with Crippen molar-refractivity contribution in [2.45, 2.75) is 39.7 Å². The van der Waals surface area contributed by atoms with Crippen molar-refractivity contribution in [3.63, 3.8) is 0 Å². The minimum Gasteiger partial charge on any atom is -0.348 e. The number of thiophene rings is 1. The van der Waals surface area contributed by atoms with Crippen LogP contribution >= 0.6 is 22.7 Å². The van der Waals surface area contributed by atoms with Crippen LogP contribution in [0.25, 0.3) is 10.2 Å². The lowest BCUT2D eigenvalue weighted by atomic mass is 9.85.